The molecule has 0 aromatic carbocycles. The largest absolute Gasteiger partial charge is 0.465 e. The van der Waals surface area contributed by atoms with Crippen molar-refractivity contribution in [1.29, 1.82) is 0 Å². The first-order valence-electron chi connectivity index (χ1n) is 7.84. The Hall–Kier alpha value is -2.68. The zero-order chi connectivity index (χ0) is 18.9. The summed E-state index contributed by atoms with van der Waals surface area (Å²) >= 11 is 0. The minimum absolute atomic E-state index is 0.0252. The van der Waals surface area contributed by atoms with Gasteiger partial charge >= 0.3 is 5.97 Å². The molecule has 1 aliphatic heterocycles. The molecule has 1 fully saturated rings. The molecular weight excluding hydrogens is 348 g/mol. The molecule has 0 amide bonds. The zero-order valence-electron chi connectivity index (χ0n) is 14.7. The molecule has 3 rings (SSSR count). The van der Waals surface area contributed by atoms with Gasteiger partial charge in [-0.2, -0.15) is 0 Å². The number of esters is 1. The highest BCUT2D eigenvalue weighted by atomic mass is 19.3. The van der Waals surface area contributed by atoms with E-state index in [1.165, 1.54) is 25.3 Å². The maximum absolute atomic E-state index is 13.1. The number of hydrogen-bond acceptors (Lipinski definition) is 6. The van der Waals surface area contributed by atoms with Gasteiger partial charge in [-0.15, -0.1) is 0 Å². The van der Waals surface area contributed by atoms with Crippen LogP contribution < -0.4 is 9.64 Å². The monoisotopic (exact) mass is 367 g/mol. The van der Waals surface area contributed by atoms with Crippen molar-refractivity contribution in [2.45, 2.75) is 5.92 Å². The molecule has 1 saturated heterocycles. The van der Waals surface area contributed by atoms with Crippen molar-refractivity contribution in [2.24, 2.45) is 7.05 Å². The topological polar surface area (TPSA) is 65.8 Å². The van der Waals surface area contributed by atoms with Crippen LogP contribution in [0.2, 0.25) is 0 Å². The van der Waals surface area contributed by atoms with Crippen LogP contribution in [-0.2, 0) is 16.5 Å². The molecule has 0 atom stereocenters. The van der Waals surface area contributed by atoms with Crippen LogP contribution >= 0.6 is 0 Å². The number of carbonyl (C=O) groups excluding carboxylic acids is 1. The highest BCUT2D eigenvalue weighted by molar-refractivity contribution is 5.91. The maximum Gasteiger partial charge on any atom is 0.339 e. The first-order chi connectivity index (χ1) is 12.3. The van der Waals surface area contributed by atoms with Crippen molar-refractivity contribution < 1.29 is 27.8 Å². The number of aryl methyl sites for hydroxylation is 1. The second-order valence-corrected chi connectivity index (χ2v) is 6.02. The number of rotatable bonds is 6. The molecule has 9 heteroatoms. The molecule has 1 aliphatic rings. The van der Waals surface area contributed by atoms with Crippen molar-refractivity contribution in [3.63, 3.8) is 0 Å². The molecule has 0 saturated carbocycles. The van der Waals surface area contributed by atoms with Crippen LogP contribution in [0.4, 0.5) is 14.5 Å². The molecule has 140 valence electrons. The van der Waals surface area contributed by atoms with Gasteiger partial charge in [-0.05, 0) is 6.07 Å². The van der Waals surface area contributed by atoms with Crippen molar-refractivity contribution in [2.75, 3.05) is 39.0 Å². The zero-order valence-corrected chi connectivity index (χ0v) is 14.7. The van der Waals surface area contributed by atoms with Gasteiger partial charge in [-0.25, -0.2) is 18.6 Å². The van der Waals surface area contributed by atoms with Crippen molar-refractivity contribution in [3.05, 3.63) is 30.1 Å². The van der Waals surface area contributed by atoms with Gasteiger partial charge in [0, 0.05) is 26.4 Å². The fraction of sp³-hybridized carbons (Fsp3) is 0.412. The average Bonchev–Trinajstić information content (AvgIpc) is 2.98. The van der Waals surface area contributed by atoms with Crippen LogP contribution in [0.3, 0.4) is 0 Å². The van der Waals surface area contributed by atoms with E-state index in [1.807, 2.05) is 0 Å². The Bertz CT molecular complexity index is 814. The van der Waals surface area contributed by atoms with Gasteiger partial charge in [0.25, 0.3) is 5.92 Å². The van der Waals surface area contributed by atoms with E-state index in [0.29, 0.717) is 28.4 Å². The van der Waals surface area contributed by atoms with Gasteiger partial charge < -0.3 is 23.7 Å². The number of methoxy groups -OCH3 is 2. The number of nitrogens with zero attached hydrogens (tertiary/aromatic N) is 3. The number of halogens is 2. The summed E-state index contributed by atoms with van der Waals surface area (Å²) in [6.07, 6.45) is 3.13. The normalized spacial score (nSPS) is 15.5. The number of ether oxygens (including phenoxy) is 3. The molecule has 0 N–H and O–H groups in total. The van der Waals surface area contributed by atoms with Crippen LogP contribution in [0.1, 0.15) is 10.4 Å². The molecule has 2 aromatic rings. The second-order valence-electron chi connectivity index (χ2n) is 6.02. The van der Waals surface area contributed by atoms with E-state index in [4.69, 9.17) is 14.2 Å². The highest BCUT2D eigenvalue weighted by Crippen LogP contribution is 2.36. The Morgan fingerprint density at radius 1 is 1.31 bits per heavy atom. The van der Waals surface area contributed by atoms with Crippen molar-refractivity contribution in [1.82, 2.24) is 9.55 Å². The predicted octanol–water partition coefficient (Wildman–Crippen LogP) is 2.31. The molecule has 3 heterocycles. The highest BCUT2D eigenvalue weighted by Gasteiger charge is 2.44. The van der Waals surface area contributed by atoms with Gasteiger partial charge in [-0.1, -0.05) is 0 Å². The van der Waals surface area contributed by atoms with E-state index in [9.17, 15) is 13.6 Å². The smallest absolute Gasteiger partial charge is 0.339 e. The van der Waals surface area contributed by atoms with Crippen molar-refractivity contribution in [3.8, 4) is 17.1 Å². The second kappa shape index (κ2) is 6.91. The Morgan fingerprint density at radius 3 is 2.65 bits per heavy atom. The van der Waals surface area contributed by atoms with E-state index in [-0.39, 0.29) is 19.9 Å². The van der Waals surface area contributed by atoms with E-state index in [2.05, 4.69) is 4.98 Å². The molecule has 26 heavy (non-hydrogen) atoms. The molecule has 2 aromatic heterocycles. The van der Waals surface area contributed by atoms with Gasteiger partial charge in [0.05, 0.1) is 43.3 Å². The van der Waals surface area contributed by atoms with Crippen LogP contribution in [0.5, 0.6) is 5.75 Å². The van der Waals surface area contributed by atoms with Crippen LogP contribution in [0.25, 0.3) is 11.4 Å². The summed E-state index contributed by atoms with van der Waals surface area (Å²) in [5, 5.41) is 0. The van der Waals surface area contributed by atoms with Gasteiger partial charge in [0.2, 0.25) is 0 Å². The van der Waals surface area contributed by atoms with Gasteiger partial charge in [-0.3, -0.25) is 0 Å². The van der Waals surface area contributed by atoms with E-state index >= 15 is 0 Å². The van der Waals surface area contributed by atoms with Gasteiger partial charge in [0.15, 0.2) is 12.5 Å². The minimum Gasteiger partial charge on any atom is -0.465 e. The number of aromatic nitrogens is 2. The summed E-state index contributed by atoms with van der Waals surface area (Å²) in [5.74, 6) is -2.78. The molecule has 0 radical (unpaired) electrons. The summed E-state index contributed by atoms with van der Waals surface area (Å²) in [7, 11) is 4.54. The predicted molar refractivity (Wildman–Crippen MR) is 89.6 cm³/mol. The third-order valence-electron chi connectivity index (χ3n) is 4.05. The first-order valence-corrected chi connectivity index (χ1v) is 7.84. The first kappa shape index (κ1) is 18.1. The lowest BCUT2D eigenvalue weighted by Crippen LogP contribution is -2.56. The number of hydrogen-bond donors (Lipinski definition) is 0. The third kappa shape index (κ3) is 3.48. The number of carbonyl (C=O) groups is 1. The quantitative estimate of drug-likeness (QED) is 0.577. The summed E-state index contributed by atoms with van der Waals surface area (Å²) in [5.41, 5.74) is 2.00. The molecule has 0 spiro atoms. The minimum atomic E-state index is -2.68. The SMILES string of the molecule is COCOc1cc(N2CC(F)(F)C2)cnc1-c1cc(C(=O)OC)cn1C. The third-order valence-corrected chi connectivity index (χ3v) is 4.05. The van der Waals surface area contributed by atoms with E-state index < -0.39 is 11.9 Å². The summed E-state index contributed by atoms with van der Waals surface area (Å²) in [6, 6.07) is 3.27. The molecule has 0 unspecified atom stereocenters. The molecule has 7 nitrogen and oxygen atoms in total. The number of pyridine rings is 1. The fourth-order valence-electron chi connectivity index (χ4n) is 2.76. The maximum atomic E-state index is 13.1. The van der Waals surface area contributed by atoms with Crippen LogP contribution in [0.15, 0.2) is 24.5 Å². The van der Waals surface area contributed by atoms with E-state index in [1.54, 1.807) is 29.9 Å². The average molecular weight is 367 g/mol. The fourth-order valence-corrected chi connectivity index (χ4v) is 2.76. The Morgan fingerprint density at radius 2 is 2.04 bits per heavy atom. The van der Waals surface area contributed by atoms with Gasteiger partial charge in [0.1, 0.15) is 5.69 Å². The number of alkyl halides is 2. The van der Waals surface area contributed by atoms with Crippen molar-refractivity contribution >= 4 is 11.7 Å². The summed E-state index contributed by atoms with van der Waals surface area (Å²) in [6.45, 7) is -0.731. The lowest BCUT2D eigenvalue weighted by atomic mass is 10.1. The summed E-state index contributed by atoms with van der Waals surface area (Å²) in [4.78, 5) is 17.6. The Kier molecular flexibility index (Phi) is 4.82. The Balaban J connectivity index is 1.96. The standard InChI is InChI=1S/C17H19F2N3O4/c1-21-7-11(16(23)25-3)4-13(21)15-14(26-10-24-2)5-12(6-20-15)22-8-17(18,19)9-22/h4-7H,8-10H2,1-3H3. The van der Waals surface area contributed by atoms with E-state index in [0.717, 1.165) is 0 Å². The molecular formula is C17H19F2N3O4. The lowest BCUT2D eigenvalue weighted by Gasteiger charge is -2.40. The summed E-state index contributed by atoms with van der Waals surface area (Å²) < 4.78 is 43.2. The molecule has 0 aliphatic carbocycles. The lowest BCUT2D eigenvalue weighted by molar-refractivity contribution is -0.0263. The Labute approximate surface area is 149 Å². The molecule has 0 bridgehead atoms. The van der Waals surface area contributed by atoms with Crippen LogP contribution in [0, 0.1) is 0 Å². The number of anilines is 1. The van der Waals surface area contributed by atoms with Crippen LogP contribution in [-0.4, -0.2) is 55.5 Å².